The molecule has 0 aromatic rings. The second-order valence-electron chi connectivity index (χ2n) is 11.5. The molecule has 0 aromatic heterocycles. The predicted molar refractivity (Wildman–Crippen MR) is 167 cm³/mol. The second kappa shape index (κ2) is 17.7. The number of ether oxygens (including phenoxy) is 2. The Morgan fingerprint density at radius 3 is 2.11 bits per heavy atom. The predicted octanol–water partition coefficient (Wildman–Crippen LogP) is 4.33. The number of nitrogens with zero attached hydrogens (tertiary/aromatic N) is 1. The lowest BCUT2D eigenvalue weighted by atomic mass is 9.92. The highest BCUT2D eigenvalue weighted by Crippen LogP contribution is 2.28. The molecule has 2 heterocycles. The van der Waals surface area contributed by atoms with Gasteiger partial charge >= 0.3 is 5.97 Å². The highest BCUT2D eigenvalue weighted by Gasteiger charge is 2.42. The molecule has 7 atom stereocenters. The number of carboxylic acid groups (broad SMARTS) is 1. The molecule has 2 rings (SSSR count). The van der Waals surface area contributed by atoms with Crippen molar-refractivity contribution in [1.29, 1.82) is 0 Å². The quantitative estimate of drug-likeness (QED) is 0.0970. The van der Waals surface area contributed by atoms with Crippen LogP contribution in [0.5, 0.6) is 0 Å². The molecule has 0 bridgehead atoms. The van der Waals surface area contributed by atoms with Crippen LogP contribution in [0.3, 0.4) is 0 Å². The Bertz CT molecular complexity index is 1210. The van der Waals surface area contributed by atoms with Crippen molar-refractivity contribution in [3.63, 3.8) is 0 Å². The lowest BCUT2D eigenvalue weighted by Gasteiger charge is -2.38. The summed E-state index contributed by atoms with van der Waals surface area (Å²) in [6, 6.07) is -0.894. The third-order valence-electron chi connectivity index (χ3n) is 7.52. The number of carbonyl (C=O) groups is 3. The van der Waals surface area contributed by atoms with Crippen LogP contribution in [0.2, 0.25) is 0 Å². The molecule has 0 spiro atoms. The van der Waals surface area contributed by atoms with Gasteiger partial charge in [-0.05, 0) is 32.3 Å². The molecule has 242 valence electrons. The van der Waals surface area contributed by atoms with Crippen LogP contribution in [0.15, 0.2) is 83.7 Å². The lowest BCUT2D eigenvalue weighted by molar-refractivity contribution is -0.267. The Hall–Kier alpha value is -3.57. The maximum atomic E-state index is 12.5. The first-order valence-corrected chi connectivity index (χ1v) is 14.9. The van der Waals surface area contributed by atoms with Crippen molar-refractivity contribution in [3.05, 3.63) is 83.7 Å². The first-order chi connectivity index (χ1) is 20.7. The van der Waals surface area contributed by atoms with Gasteiger partial charge in [-0.3, -0.25) is 14.4 Å². The molecule has 44 heavy (non-hydrogen) atoms. The molecule has 4 N–H and O–H groups in total. The summed E-state index contributed by atoms with van der Waals surface area (Å²) in [5.74, 6) is -2.43. The first kappa shape index (κ1) is 36.6. The van der Waals surface area contributed by atoms with Crippen molar-refractivity contribution in [2.75, 3.05) is 7.05 Å². The SMILES string of the molecule is CC(/C=C/C=C/C=C/C=C/C=C/C(O)=C1C(=O)C(CCC(=O)O)N(C)C1=O)=C\C(C)C(O[C@@H]1C[C@H](O)[C@H](O)[C@@H](C)O1)C(C)C. The summed E-state index contributed by atoms with van der Waals surface area (Å²) in [6.07, 6.45) is 16.4. The molecule has 0 aromatic carbocycles. The molecule has 10 nitrogen and oxygen atoms in total. The van der Waals surface area contributed by atoms with E-state index in [0.29, 0.717) is 0 Å². The summed E-state index contributed by atoms with van der Waals surface area (Å²) in [7, 11) is 1.41. The van der Waals surface area contributed by atoms with E-state index in [0.717, 1.165) is 10.5 Å². The number of ketones is 1. The van der Waals surface area contributed by atoms with Crippen LogP contribution in [0.4, 0.5) is 0 Å². The van der Waals surface area contributed by atoms with E-state index in [1.165, 1.54) is 19.2 Å². The molecule has 0 aliphatic carbocycles. The van der Waals surface area contributed by atoms with Crippen LogP contribution < -0.4 is 0 Å². The van der Waals surface area contributed by atoms with Gasteiger partial charge in [-0.2, -0.15) is 0 Å². The van der Waals surface area contributed by atoms with E-state index in [-0.39, 0.29) is 42.8 Å². The van der Waals surface area contributed by atoms with Crippen molar-refractivity contribution < 1.29 is 44.3 Å². The average Bonchev–Trinajstić information content (AvgIpc) is 3.16. The van der Waals surface area contributed by atoms with Gasteiger partial charge in [-0.1, -0.05) is 87.1 Å². The first-order valence-electron chi connectivity index (χ1n) is 14.9. The standard InChI is InChI=1S/C34H47NO9/c1-21(2)33(44-29-20-27(37)31(40)24(5)43-29)23(4)19-22(3)15-13-11-9-7-8-10-12-14-16-26(36)30-32(41)25(17-18-28(38)39)35(6)34(30)42/h7-16,19,21,23-25,27,29,31,33,36-37,40H,17-18,20H2,1-6H3,(H,38,39)/b8-7+,11-9+,12-10+,15-13+,16-14+,22-19+,30-26?/t23?,24-,25?,27+,29-,31-,33?/m1/s1. The number of aliphatic hydroxyl groups excluding tert-OH is 3. The van der Waals surface area contributed by atoms with Crippen LogP contribution in [0, 0.1) is 11.8 Å². The summed E-state index contributed by atoms with van der Waals surface area (Å²) >= 11 is 0. The summed E-state index contributed by atoms with van der Waals surface area (Å²) in [6.45, 7) is 9.97. The van der Waals surface area contributed by atoms with Crippen molar-refractivity contribution in [1.82, 2.24) is 4.90 Å². The number of likely N-dealkylation sites (tertiary alicyclic amines) is 1. The van der Waals surface area contributed by atoms with E-state index in [2.05, 4.69) is 26.8 Å². The number of amides is 1. The third kappa shape index (κ3) is 10.9. The molecular weight excluding hydrogens is 566 g/mol. The summed E-state index contributed by atoms with van der Waals surface area (Å²) in [4.78, 5) is 36.9. The maximum absolute atomic E-state index is 12.5. The number of carbonyl (C=O) groups excluding carboxylic acids is 2. The van der Waals surface area contributed by atoms with Crippen LogP contribution in [-0.2, 0) is 23.9 Å². The molecule has 2 saturated heterocycles. The van der Waals surface area contributed by atoms with Gasteiger partial charge in [-0.25, -0.2) is 0 Å². The summed E-state index contributed by atoms with van der Waals surface area (Å²) in [5.41, 5.74) is 0.726. The number of aliphatic carboxylic acids is 1. The number of carboxylic acids is 1. The van der Waals surface area contributed by atoms with Gasteiger partial charge in [-0.15, -0.1) is 0 Å². The molecule has 3 unspecified atom stereocenters. The van der Waals surface area contributed by atoms with E-state index in [9.17, 15) is 29.7 Å². The second-order valence-corrected chi connectivity index (χ2v) is 11.5. The fourth-order valence-corrected chi connectivity index (χ4v) is 5.15. The number of likely N-dealkylation sites (N-methyl/N-ethyl adjacent to an activating group) is 1. The number of allylic oxidation sites excluding steroid dienone is 11. The van der Waals surface area contributed by atoms with Gasteiger partial charge in [0.2, 0.25) is 0 Å². The largest absolute Gasteiger partial charge is 0.507 e. The van der Waals surface area contributed by atoms with Gasteiger partial charge in [0.25, 0.3) is 5.91 Å². The Balaban J connectivity index is 1.87. The zero-order valence-electron chi connectivity index (χ0n) is 26.4. The van der Waals surface area contributed by atoms with Gasteiger partial charge in [0.1, 0.15) is 17.4 Å². The molecule has 2 fully saturated rings. The fourth-order valence-electron chi connectivity index (χ4n) is 5.15. The molecule has 10 heteroatoms. The van der Waals surface area contributed by atoms with Gasteiger partial charge in [0.05, 0.1) is 24.4 Å². The van der Waals surface area contributed by atoms with Gasteiger partial charge in [0.15, 0.2) is 12.1 Å². The smallest absolute Gasteiger partial charge is 0.303 e. The lowest BCUT2D eigenvalue weighted by Crippen LogP contribution is -2.49. The number of aliphatic hydroxyl groups is 3. The number of Topliss-reactive ketones (excluding diaryl/α,β-unsaturated/α-hetero) is 1. The maximum Gasteiger partial charge on any atom is 0.303 e. The molecule has 0 radical (unpaired) electrons. The normalized spacial score (nSPS) is 28.2. The minimum absolute atomic E-state index is 0.0119. The number of rotatable bonds is 14. The van der Waals surface area contributed by atoms with Crippen LogP contribution in [0.25, 0.3) is 0 Å². The molecule has 2 aliphatic heterocycles. The monoisotopic (exact) mass is 613 g/mol. The van der Waals surface area contributed by atoms with E-state index in [1.807, 2.05) is 37.3 Å². The topological polar surface area (TPSA) is 154 Å². The Morgan fingerprint density at radius 1 is 1.00 bits per heavy atom. The zero-order valence-corrected chi connectivity index (χ0v) is 26.4. The van der Waals surface area contributed by atoms with Crippen molar-refractivity contribution >= 4 is 17.7 Å². The van der Waals surface area contributed by atoms with Gasteiger partial charge < -0.3 is 34.8 Å². The van der Waals surface area contributed by atoms with Crippen molar-refractivity contribution in [2.45, 2.75) is 90.6 Å². The third-order valence-corrected chi connectivity index (χ3v) is 7.52. The van der Waals surface area contributed by atoms with Crippen molar-refractivity contribution in [3.8, 4) is 0 Å². The highest BCUT2D eigenvalue weighted by molar-refractivity contribution is 6.27. The molecule has 1 amide bonds. The summed E-state index contributed by atoms with van der Waals surface area (Å²) < 4.78 is 12.0. The number of hydrogen-bond donors (Lipinski definition) is 4. The summed E-state index contributed by atoms with van der Waals surface area (Å²) in [5, 5.41) is 39.1. The van der Waals surface area contributed by atoms with Gasteiger partial charge in [0, 0.05) is 25.8 Å². The van der Waals surface area contributed by atoms with Crippen LogP contribution in [0.1, 0.15) is 53.9 Å². The van der Waals surface area contributed by atoms with E-state index < -0.39 is 54.1 Å². The van der Waals surface area contributed by atoms with Crippen molar-refractivity contribution in [2.24, 2.45) is 11.8 Å². The highest BCUT2D eigenvalue weighted by atomic mass is 16.7. The van der Waals surface area contributed by atoms with E-state index in [4.69, 9.17) is 14.6 Å². The molecule has 2 aliphatic rings. The molecule has 0 saturated carbocycles. The van der Waals surface area contributed by atoms with Crippen LogP contribution in [-0.4, -0.2) is 86.8 Å². The Kier molecular flexibility index (Phi) is 14.7. The minimum atomic E-state index is -1.06. The average molecular weight is 614 g/mol. The Labute approximate surface area is 260 Å². The van der Waals surface area contributed by atoms with Crippen LogP contribution >= 0.6 is 0 Å². The zero-order chi connectivity index (χ0) is 33.0. The minimum Gasteiger partial charge on any atom is -0.507 e. The molecular formula is C34H47NO9. The number of hydrogen-bond acceptors (Lipinski definition) is 8. The fraction of sp³-hybridized carbons (Fsp3) is 0.500. The van der Waals surface area contributed by atoms with E-state index in [1.54, 1.807) is 25.2 Å². The Morgan fingerprint density at radius 2 is 1.57 bits per heavy atom. The van der Waals surface area contributed by atoms with E-state index >= 15 is 0 Å².